The predicted molar refractivity (Wildman–Crippen MR) is 128 cm³/mol. The van der Waals surface area contributed by atoms with E-state index in [1.807, 2.05) is 45.0 Å². The molecule has 0 fully saturated rings. The summed E-state index contributed by atoms with van der Waals surface area (Å²) in [5.74, 6) is 6.81. The van der Waals surface area contributed by atoms with E-state index in [4.69, 9.17) is 8.92 Å². The molecule has 0 bridgehead atoms. The molecule has 0 aromatic heterocycles. The first-order valence-corrected chi connectivity index (χ1v) is 11.4. The summed E-state index contributed by atoms with van der Waals surface area (Å²) in [5.41, 5.74) is 3.28. The minimum atomic E-state index is -1.73. The molecule has 0 heterocycles. The summed E-state index contributed by atoms with van der Waals surface area (Å²) in [4.78, 5) is 11.9. The standard InChI is InChI=1S/C26H25NO4S/c1-4-20(3)26(28)30-24-16-12-21(13-17-24)10-11-22-6-5-7-23(18-22)27-32(29)31-25-14-8-19(2)9-15-25/h5-9,12-18,20,27H,4H2,1-3H3. The van der Waals surface area contributed by atoms with Crippen molar-refractivity contribution in [1.82, 2.24) is 0 Å². The first-order chi connectivity index (χ1) is 15.4. The average Bonchev–Trinajstić information content (AvgIpc) is 2.79. The summed E-state index contributed by atoms with van der Waals surface area (Å²) in [7, 11) is 0. The zero-order chi connectivity index (χ0) is 22.9. The van der Waals surface area contributed by atoms with Crippen LogP contribution in [0.15, 0.2) is 72.8 Å². The lowest BCUT2D eigenvalue weighted by Gasteiger charge is -2.08. The number of carbonyl (C=O) groups is 1. The molecular formula is C26H25NO4S. The van der Waals surface area contributed by atoms with Gasteiger partial charge in [-0.15, -0.1) is 0 Å². The SMILES string of the molecule is CCC(C)C(=O)Oc1ccc(C#Cc2cccc(NS(=O)Oc3ccc(C)cc3)c2)cc1. The highest BCUT2D eigenvalue weighted by Crippen LogP contribution is 2.17. The maximum absolute atomic E-state index is 12.2. The molecule has 0 aliphatic heterocycles. The largest absolute Gasteiger partial charge is 0.426 e. The molecule has 0 amide bonds. The highest BCUT2D eigenvalue weighted by atomic mass is 32.2. The number of nitrogens with one attached hydrogen (secondary N) is 1. The van der Waals surface area contributed by atoms with Gasteiger partial charge in [0.1, 0.15) is 11.5 Å². The molecule has 3 rings (SSSR count). The smallest absolute Gasteiger partial charge is 0.316 e. The topological polar surface area (TPSA) is 64.6 Å². The lowest BCUT2D eigenvalue weighted by molar-refractivity contribution is -0.138. The van der Waals surface area contributed by atoms with Crippen molar-refractivity contribution in [1.29, 1.82) is 0 Å². The van der Waals surface area contributed by atoms with Gasteiger partial charge in [0.25, 0.3) is 0 Å². The van der Waals surface area contributed by atoms with Gasteiger partial charge in [0.15, 0.2) is 0 Å². The molecule has 2 unspecified atom stereocenters. The molecule has 0 saturated heterocycles. The second-order valence-corrected chi connectivity index (χ2v) is 8.16. The second kappa shape index (κ2) is 11.2. The van der Waals surface area contributed by atoms with E-state index >= 15 is 0 Å². The first-order valence-electron chi connectivity index (χ1n) is 10.3. The fourth-order valence-corrected chi connectivity index (χ4v) is 3.24. The fraction of sp³-hybridized carbons (Fsp3) is 0.192. The van der Waals surface area contributed by atoms with Crippen molar-refractivity contribution in [3.05, 3.63) is 89.5 Å². The molecule has 2 atom stereocenters. The Morgan fingerprint density at radius 3 is 2.31 bits per heavy atom. The molecule has 0 radical (unpaired) electrons. The number of hydrogen-bond donors (Lipinski definition) is 1. The van der Waals surface area contributed by atoms with Crippen LogP contribution in [0.1, 0.15) is 37.0 Å². The number of ether oxygens (including phenoxy) is 1. The number of anilines is 1. The number of carbonyl (C=O) groups excluding carboxylic acids is 1. The minimum absolute atomic E-state index is 0.132. The minimum Gasteiger partial charge on any atom is -0.426 e. The molecule has 1 N–H and O–H groups in total. The van der Waals surface area contributed by atoms with Crippen molar-refractivity contribution in [2.24, 2.45) is 5.92 Å². The van der Waals surface area contributed by atoms with E-state index in [2.05, 4.69) is 16.6 Å². The van der Waals surface area contributed by atoms with Crippen LogP contribution >= 0.6 is 0 Å². The van der Waals surface area contributed by atoms with Gasteiger partial charge < -0.3 is 8.92 Å². The van der Waals surface area contributed by atoms with Crippen LogP contribution < -0.4 is 13.6 Å². The van der Waals surface area contributed by atoms with Crippen LogP contribution in [0, 0.1) is 24.7 Å². The molecule has 3 aromatic carbocycles. The molecule has 32 heavy (non-hydrogen) atoms. The Bertz CT molecular complexity index is 1140. The Hall–Kier alpha value is -3.56. The normalized spacial score (nSPS) is 12.1. The van der Waals surface area contributed by atoms with Crippen LogP contribution in [0.25, 0.3) is 0 Å². The number of esters is 1. The molecular weight excluding hydrogens is 422 g/mol. The molecule has 164 valence electrons. The van der Waals surface area contributed by atoms with Gasteiger partial charge in [0.05, 0.1) is 11.6 Å². The zero-order valence-corrected chi connectivity index (χ0v) is 19.1. The van der Waals surface area contributed by atoms with Crippen molar-refractivity contribution in [2.45, 2.75) is 27.2 Å². The second-order valence-electron chi connectivity index (χ2n) is 7.32. The Morgan fingerprint density at radius 1 is 0.969 bits per heavy atom. The van der Waals surface area contributed by atoms with Crippen LogP contribution in [0.4, 0.5) is 5.69 Å². The Morgan fingerprint density at radius 2 is 1.62 bits per heavy atom. The molecule has 3 aromatic rings. The highest BCUT2D eigenvalue weighted by molar-refractivity contribution is 7.81. The summed E-state index contributed by atoms with van der Waals surface area (Å²) in [6, 6.07) is 21.7. The number of aryl methyl sites for hydroxylation is 1. The third-order valence-corrected chi connectivity index (χ3v) is 5.44. The van der Waals surface area contributed by atoms with Gasteiger partial charge in [-0.05, 0) is 67.9 Å². The summed E-state index contributed by atoms with van der Waals surface area (Å²) in [5, 5.41) is 0. The highest BCUT2D eigenvalue weighted by Gasteiger charge is 2.12. The summed E-state index contributed by atoms with van der Waals surface area (Å²) >= 11 is -1.73. The van der Waals surface area contributed by atoms with Crippen molar-refractivity contribution in [3.63, 3.8) is 0 Å². The summed E-state index contributed by atoms with van der Waals surface area (Å²) < 4.78 is 25.8. The molecule has 0 aliphatic rings. The summed E-state index contributed by atoms with van der Waals surface area (Å²) in [6.45, 7) is 5.77. The predicted octanol–water partition coefficient (Wildman–Crippen LogP) is 5.42. The van der Waals surface area contributed by atoms with E-state index in [9.17, 15) is 9.00 Å². The molecule has 0 spiro atoms. The number of rotatable bonds is 7. The molecule has 6 heteroatoms. The van der Waals surface area contributed by atoms with E-state index in [0.29, 0.717) is 17.2 Å². The van der Waals surface area contributed by atoms with E-state index in [0.717, 1.165) is 23.1 Å². The van der Waals surface area contributed by atoms with Crippen LogP contribution in [-0.4, -0.2) is 10.2 Å². The van der Waals surface area contributed by atoms with Crippen molar-refractivity contribution >= 4 is 22.9 Å². The maximum Gasteiger partial charge on any atom is 0.316 e. The fourth-order valence-electron chi connectivity index (χ4n) is 2.59. The Labute approximate surface area is 191 Å². The van der Waals surface area contributed by atoms with Crippen molar-refractivity contribution in [3.8, 4) is 23.3 Å². The molecule has 5 nitrogen and oxygen atoms in total. The van der Waals surface area contributed by atoms with Gasteiger partial charge in [-0.3, -0.25) is 9.52 Å². The van der Waals surface area contributed by atoms with Crippen LogP contribution in [-0.2, 0) is 16.1 Å². The third kappa shape index (κ3) is 7.00. The maximum atomic E-state index is 12.2. The van der Waals surface area contributed by atoms with E-state index in [1.54, 1.807) is 48.5 Å². The number of benzene rings is 3. The Kier molecular flexibility index (Phi) is 8.07. The van der Waals surface area contributed by atoms with Crippen LogP contribution in [0.5, 0.6) is 11.5 Å². The van der Waals surface area contributed by atoms with Gasteiger partial charge >= 0.3 is 17.2 Å². The van der Waals surface area contributed by atoms with Gasteiger partial charge in [0, 0.05) is 11.1 Å². The van der Waals surface area contributed by atoms with Crippen LogP contribution in [0.2, 0.25) is 0 Å². The van der Waals surface area contributed by atoms with Gasteiger partial charge in [-0.2, -0.15) is 4.21 Å². The molecule has 0 aliphatic carbocycles. The van der Waals surface area contributed by atoms with Gasteiger partial charge in [0.2, 0.25) is 0 Å². The molecule has 0 saturated carbocycles. The quantitative estimate of drug-likeness (QED) is 0.299. The zero-order valence-electron chi connectivity index (χ0n) is 18.3. The monoisotopic (exact) mass is 447 g/mol. The Balaban J connectivity index is 1.60. The third-order valence-electron chi connectivity index (χ3n) is 4.70. The van der Waals surface area contributed by atoms with Crippen LogP contribution in [0.3, 0.4) is 0 Å². The van der Waals surface area contributed by atoms with E-state index < -0.39 is 11.3 Å². The van der Waals surface area contributed by atoms with Crippen molar-refractivity contribution in [2.75, 3.05) is 4.72 Å². The van der Waals surface area contributed by atoms with E-state index in [1.165, 1.54) is 0 Å². The first kappa shape index (κ1) is 23.1. The van der Waals surface area contributed by atoms with Gasteiger partial charge in [-0.1, -0.05) is 49.5 Å². The lowest BCUT2D eigenvalue weighted by Crippen LogP contribution is -2.16. The van der Waals surface area contributed by atoms with E-state index in [-0.39, 0.29) is 11.9 Å². The van der Waals surface area contributed by atoms with Gasteiger partial charge in [-0.25, -0.2) is 0 Å². The lowest BCUT2D eigenvalue weighted by atomic mass is 10.1. The number of hydrogen-bond acceptors (Lipinski definition) is 4. The summed E-state index contributed by atoms with van der Waals surface area (Å²) in [6.07, 6.45) is 0.738. The average molecular weight is 448 g/mol. The van der Waals surface area contributed by atoms with Crippen molar-refractivity contribution < 1.29 is 17.9 Å².